The molecule has 7 nitrogen and oxygen atoms in total. The SMILES string of the molecule is COc1cc(/C=C2/SC(N3CCCC3)=NC2=O)cc(OC)c1OC(C)=O. The number of carbonyl (C=O) groups excluding carboxylic acids is 2. The largest absolute Gasteiger partial charge is 0.493 e. The van der Waals surface area contributed by atoms with Crippen molar-refractivity contribution in [2.45, 2.75) is 19.8 Å². The van der Waals surface area contributed by atoms with Crippen molar-refractivity contribution in [1.82, 2.24) is 4.90 Å². The van der Waals surface area contributed by atoms with Gasteiger partial charge in [-0.25, -0.2) is 0 Å². The van der Waals surface area contributed by atoms with Crippen LogP contribution in [0.25, 0.3) is 6.08 Å². The Morgan fingerprint density at radius 2 is 1.81 bits per heavy atom. The summed E-state index contributed by atoms with van der Waals surface area (Å²) in [4.78, 5) is 30.4. The van der Waals surface area contributed by atoms with Crippen molar-refractivity contribution in [3.63, 3.8) is 0 Å². The van der Waals surface area contributed by atoms with Gasteiger partial charge < -0.3 is 19.1 Å². The number of aliphatic imine (C=N–C) groups is 1. The van der Waals surface area contributed by atoms with E-state index in [1.807, 2.05) is 0 Å². The van der Waals surface area contributed by atoms with Gasteiger partial charge >= 0.3 is 5.97 Å². The van der Waals surface area contributed by atoms with Crippen molar-refractivity contribution in [3.05, 3.63) is 22.6 Å². The summed E-state index contributed by atoms with van der Waals surface area (Å²) in [6, 6.07) is 3.38. The zero-order valence-electron chi connectivity index (χ0n) is 14.9. The van der Waals surface area contributed by atoms with Crippen LogP contribution in [-0.4, -0.2) is 49.3 Å². The van der Waals surface area contributed by atoms with E-state index in [0.29, 0.717) is 22.0 Å². The second-order valence-corrected chi connectivity index (χ2v) is 6.86. The van der Waals surface area contributed by atoms with Crippen LogP contribution in [0.5, 0.6) is 17.2 Å². The number of amides is 1. The molecule has 0 bridgehead atoms. The van der Waals surface area contributed by atoms with Crippen molar-refractivity contribution in [2.75, 3.05) is 27.3 Å². The third-order valence-electron chi connectivity index (χ3n) is 4.01. The molecule has 1 aromatic rings. The molecule has 0 saturated carbocycles. The van der Waals surface area contributed by atoms with Gasteiger partial charge in [-0.1, -0.05) is 0 Å². The van der Waals surface area contributed by atoms with E-state index in [-0.39, 0.29) is 11.7 Å². The van der Waals surface area contributed by atoms with Gasteiger partial charge in [-0.3, -0.25) is 9.59 Å². The van der Waals surface area contributed by atoms with E-state index < -0.39 is 5.97 Å². The molecule has 2 aliphatic rings. The third-order valence-corrected chi connectivity index (χ3v) is 5.06. The number of thioether (sulfide) groups is 1. The van der Waals surface area contributed by atoms with E-state index in [0.717, 1.165) is 31.1 Å². The molecule has 0 unspecified atom stereocenters. The molecule has 3 rings (SSSR count). The maximum atomic E-state index is 12.2. The maximum absolute atomic E-state index is 12.2. The number of amidine groups is 1. The van der Waals surface area contributed by atoms with E-state index in [2.05, 4.69) is 9.89 Å². The van der Waals surface area contributed by atoms with E-state index in [1.54, 1.807) is 18.2 Å². The van der Waals surface area contributed by atoms with E-state index >= 15 is 0 Å². The molecule has 138 valence electrons. The molecule has 0 spiro atoms. The summed E-state index contributed by atoms with van der Waals surface area (Å²) in [6.45, 7) is 3.18. The maximum Gasteiger partial charge on any atom is 0.308 e. The summed E-state index contributed by atoms with van der Waals surface area (Å²) >= 11 is 1.37. The summed E-state index contributed by atoms with van der Waals surface area (Å²) in [6.07, 6.45) is 3.99. The van der Waals surface area contributed by atoms with E-state index in [1.165, 1.54) is 32.9 Å². The minimum atomic E-state index is -0.474. The second-order valence-electron chi connectivity index (χ2n) is 5.85. The van der Waals surface area contributed by atoms with Gasteiger partial charge in [-0.05, 0) is 48.4 Å². The summed E-state index contributed by atoms with van der Waals surface area (Å²) in [5.41, 5.74) is 0.698. The highest BCUT2D eigenvalue weighted by Gasteiger charge is 2.28. The molecule has 2 aliphatic heterocycles. The van der Waals surface area contributed by atoms with Crippen molar-refractivity contribution >= 4 is 34.9 Å². The van der Waals surface area contributed by atoms with Crippen molar-refractivity contribution in [2.24, 2.45) is 4.99 Å². The third kappa shape index (κ3) is 3.85. The van der Waals surface area contributed by atoms with Crippen LogP contribution in [0.15, 0.2) is 22.0 Å². The lowest BCUT2D eigenvalue weighted by atomic mass is 10.1. The number of nitrogens with zero attached hydrogens (tertiary/aromatic N) is 2. The molecular weight excluding hydrogens is 356 g/mol. The summed E-state index contributed by atoms with van der Waals surface area (Å²) in [5, 5.41) is 0.759. The Morgan fingerprint density at radius 3 is 2.35 bits per heavy atom. The molecule has 1 aromatic carbocycles. The first-order chi connectivity index (χ1) is 12.5. The Hall–Kier alpha value is -2.48. The van der Waals surface area contributed by atoms with Crippen LogP contribution in [0.4, 0.5) is 0 Å². The van der Waals surface area contributed by atoms with Crippen LogP contribution in [0.1, 0.15) is 25.3 Å². The number of likely N-dealkylation sites (tertiary alicyclic amines) is 1. The Labute approximate surface area is 156 Å². The fraction of sp³-hybridized carbons (Fsp3) is 0.389. The fourth-order valence-electron chi connectivity index (χ4n) is 2.82. The van der Waals surface area contributed by atoms with Crippen LogP contribution in [0.3, 0.4) is 0 Å². The highest BCUT2D eigenvalue weighted by Crippen LogP contribution is 2.40. The van der Waals surface area contributed by atoms with Gasteiger partial charge in [0.15, 0.2) is 16.7 Å². The Bertz CT molecular complexity index is 772. The molecule has 2 heterocycles. The highest BCUT2D eigenvalue weighted by molar-refractivity contribution is 8.18. The average Bonchev–Trinajstić information content (AvgIpc) is 3.25. The Balaban J connectivity index is 1.88. The average molecular weight is 376 g/mol. The number of ether oxygens (including phenoxy) is 3. The van der Waals surface area contributed by atoms with Gasteiger partial charge in [-0.2, -0.15) is 4.99 Å². The molecule has 0 atom stereocenters. The minimum absolute atomic E-state index is 0.212. The quantitative estimate of drug-likeness (QED) is 0.454. The zero-order valence-corrected chi connectivity index (χ0v) is 15.7. The first-order valence-electron chi connectivity index (χ1n) is 8.23. The number of hydrogen-bond donors (Lipinski definition) is 0. The molecule has 0 N–H and O–H groups in total. The van der Waals surface area contributed by atoms with E-state index in [4.69, 9.17) is 14.2 Å². The number of hydrogen-bond acceptors (Lipinski definition) is 7. The molecule has 26 heavy (non-hydrogen) atoms. The van der Waals surface area contributed by atoms with Gasteiger partial charge in [-0.15, -0.1) is 0 Å². The molecule has 0 radical (unpaired) electrons. The van der Waals surface area contributed by atoms with Gasteiger partial charge in [0.1, 0.15) is 0 Å². The molecule has 1 amide bonds. The smallest absolute Gasteiger partial charge is 0.308 e. The van der Waals surface area contributed by atoms with Crippen LogP contribution in [0, 0.1) is 0 Å². The predicted octanol–water partition coefficient (Wildman–Crippen LogP) is 2.70. The minimum Gasteiger partial charge on any atom is -0.493 e. The molecule has 1 fully saturated rings. The van der Waals surface area contributed by atoms with Gasteiger partial charge in [0.25, 0.3) is 5.91 Å². The van der Waals surface area contributed by atoms with Gasteiger partial charge in [0.05, 0.1) is 19.1 Å². The topological polar surface area (TPSA) is 77.4 Å². The highest BCUT2D eigenvalue weighted by atomic mass is 32.2. The molecular formula is C18H20N2O5S. The van der Waals surface area contributed by atoms with Crippen molar-refractivity contribution in [1.29, 1.82) is 0 Å². The summed E-state index contributed by atoms with van der Waals surface area (Å²) in [5.74, 6) is 0.186. The van der Waals surface area contributed by atoms with Gasteiger partial charge in [0.2, 0.25) is 5.75 Å². The number of methoxy groups -OCH3 is 2. The van der Waals surface area contributed by atoms with Crippen LogP contribution >= 0.6 is 11.8 Å². The first kappa shape index (κ1) is 18.3. The number of carbonyl (C=O) groups is 2. The van der Waals surface area contributed by atoms with Crippen LogP contribution < -0.4 is 14.2 Å². The monoisotopic (exact) mass is 376 g/mol. The zero-order chi connectivity index (χ0) is 18.7. The van der Waals surface area contributed by atoms with Crippen molar-refractivity contribution < 1.29 is 23.8 Å². The number of benzene rings is 1. The van der Waals surface area contributed by atoms with Gasteiger partial charge in [0, 0.05) is 20.0 Å². The molecule has 8 heteroatoms. The molecule has 0 aliphatic carbocycles. The van der Waals surface area contributed by atoms with Crippen LogP contribution in [0.2, 0.25) is 0 Å². The predicted molar refractivity (Wildman–Crippen MR) is 99.7 cm³/mol. The Morgan fingerprint density at radius 1 is 1.19 bits per heavy atom. The normalized spacial score (nSPS) is 18.3. The number of rotatable bonds is 4. The second kappa shape index (κ2) is 7.82. The van der Waals surface area contributed by atoms with Crippen molar-refractivity contribution in [3.8, 4) is 17.2 Å². The summed E-state index contributed by atoms with van der Waals surface area (Å²) in [7, 11) is 2.95. The lowest BCUT2D eigenvalue weighted by Gasteiger charge is -2.15. The lowest BCUT2D eigenvalue weighted by molar-refractivity contribution is -0.132. The molecule has 0 aromatic heterocycles. The standard InChI is InChI=1S/C18H20N2O5S/c1-11(21)25-16-13(23-2)8-12(9-14(16)24-3)10-15-17(22)19-18(26-15)20-6-4-5-7-20/h8-10H,4-7H2,1-3H3/b15-10+. The lowest BCUT2D eigenvalue weighted by Crippen LogP contribution is -2.23. The fourth-order valence-corrected chi connectivity index (χ4v) is 3.79. The van der Waals surface area contributed by atoms with Crippen LogP contribution in [-0.2, 0) is 9.59 Å². The Kier molecular flexibility index (Phi) is 5.51. The summed E-state index contributed by atoms with van der Waals surface area (Å²) < 4.78 is 15.8. The first-order valence-corrected chi connectivity index (χ1v) is 9.05. The number of esters is 1. The molecule has 1 saturated heterocycles. The van der Waals surface area contributed by atoms with E-state index in [9.17, 15) is 9.59 Å².